The molecular weight excluding hydrogens is 224 g/mol. The number of hydrogen-bond donors (Lipinski definition) is 1. The summed E-state index contributed by atoms with van der Waals surface area (Å²) < 4.78 is 0. The number of carbonyl (C=O) groups is 1. The van der Waals surface area contributed by atoms with E-state index >= 15 is 0 Å². The minimum atomic E-state index is 0.0468. The molecule has 1 amide bonds. The molecule has 0 saturated carbocycles. The molecule has 18 heavy (non-hydrogen) atoms. The quantitative estimate of drug-likeness (QED) is 0.825. The summed E-state index contributed by atoms with van der Waals surface area (Å²) in [5.74, 6) is 0.0468. The molecule has 90 valence electrons. The van der Waals surface area contributed by atoms with Crippen molar-refractivity contribution in [1.82, 2.24) is 0 Å². The van der Waals surface area contributed by atoms with E-state index in [1.54, 1.807) is 4.90 Å². The van der Waals surface area contributed by atoms with E-state index in [0.29, 0.717) is 6.54 Å². The third kappa shape index (κ3) is 1.56. The number of nitrogens with one attached hydrogen (secondary N) is 1. The molecule has 3 heteroatoms. The van der Waals surface area contributed by atoms with Crippen LogP contribution in [0.5, 0.6) is 0 Å². The van der Waals surface area contributed by atoms with Crippen LogP contribution in [-0.4, -0.2) is 12.5 Å². The lowest BCUT2D eigenvalue weighted by molar-refractivity contribution is 0.0990. The minimum Gasteiger partial charge on any atom is -0.353 e. The molecule has 1 N–H and O–H groups in total. The first-order valence-corrected chi connectivity index (χ1v) is 6.08. The van der Waals surface area contributed by atoms with Gasteiger partial charge in [0.2, 0.25) is 0 Å². The van der Waals surface area contributed by atoms with Crippen LogP contribution < -0.4 is 10.2 Å². The average Bonchev–Trinajstić information content (AvgIpc) is 2.53. The Morgan fingerprint density at radius 3 is 2.44 bits per heavy atom. The molecule has 0 spiro atoms. The van der Waals surface area contributed by atoms with E-state index < -0.39 is 0 Å². The van der Waals surface area contributed by atoms with Gasteiger partial charge in [-0.05, 0) is 31.2 Å². The van der Waals surface area contributed by atoms with E-state index in [1.807, 2.05) is 55.5 Å². The number of carbonyl (C=O) groups excluding carboxylic acids is 1. The molecule has 0 atom stereocenters. The fourth-order valence-electron chi connectivity index (χ4n) is 2.31. The topological polar surface area (TPSA) is 32.3 Å². The van der Waals surface area contributed by atoms with Crippen LogP contribution in [-0.2, 0) is 0 Å². The highest BCUT2D eigenvalue weighted by molar-refractivity contribution is 6.13. The van der Waals surface area contributed by atoms with Gasteiger partial charge in [0.25, 0.3) is 5.91 Å². The lowest BCUT2D eigenvalue weighted by Crippen LogP contribution is -2.29. The lowest BCUT2D eigenvalue weighted by Gasteiger charge is -2.20. The fourth-order valence-corrected chi connectivity index (χ4v) is 2.31. The first kappa shape index (κ1) is 10.8. The second-order valence-electron chi connectivity index (χ2n) is 4.24. The highest BCUT2D eigenvalue weighted by atomic mass is 16.2. The summed E-state index contributed by atoms with van der Waals surface area (Å²) in [6.07, 6.45) is 0. The molecule has 0 aliphatic carbocycles. The Morgan fingerprint density at radius 2 is 1.67 bits per heavy atom. The molecule has 1 aliphatic heterocycles. The summed E-state index contributed by atoms with van der Waals surface area (Å²) in [6.45, 7) is 2.65. The number of amides is 1. The monoisotopic (exact) mass is 238 g/mol. The Morgan fingerprint density at radius 1 is 1.00 bits per heavy atom. The molecule has 0 fully saturated rings. The van der Waals surface area contributed by atoms with E-state index in [4.69, 9.17) is 0 Å². The number of para-hydroxylation sites is 3. The number of rotatable bonds is 1. The maximum atomic E-state index is 12.5. The molecule has 3 nitrogen and oxygen atoms in total. The number of anilines is 3. The van der Waals surface area contributed by atoms with Crippen molar-refractivity contribution in [2.75, 3.05) is 16.8 Å². The Kier molecular flexibility index (Phi) is 2.52. The standard InChI is InChI=1S/C15H14N2O/c1-2-17-14-10-6-5-9-13(14)16-12-8-4-3-7-11(12)15(17)18/h3-10,16H,2H2,1H3. The van der Waals surface area contributed by atoms with Crippen LogP contribution in [0.2, 0.25) is 0 Å². The second kappa shape index (κ2) is 4.18. The number of hydrogen-bond acceptors (Lipinski definition) is 2. The molecule has 2 aromatic rings. The normalized spacial score (nSPS) is 13.4. The van der Waals surface area contributed by atoms with Gasteiger partial charge in [-0.15, -0.1) is 0 Å². The molecule has 0 bridgehead atoms. The predicted octanol–water partition coefficient (Wildman–Crippen LogP) is 3.41. The zero-order valence-electron chi connectivity index (χ0n) is 10.2. The first-order chi connectivity index (χ1) is 8.81. The average molecular weight is 238 g/mol. The van der Waals surface area contributed by atoms with Gasteiger partial charge in [0.1, 0.15) is 0 Å². The molecule has 0 unspecified atom stereocenters. The van der Waals surface area contributed by atoms with Gasteiger partial charge >= 0.3 is 0 Å². The van der Waals surface area contributed by atoms with Gasteiger partial charge in [0, 0.05) is 6.54 Å². The van der Waals surface area contributed by atoms with Gasteiger partial charge in [-0.2, -0.15) is 0 Å². The maximum absolute atomic E-state index is 12.5. The Hall–Kier alpha value is -2.29. The third-order valence-electron chi connectivity index (χ3n) is 3.18. The number of fused-ring (bicyclic) bond motifs is 2. The fraction of sp³-hybridized carbons (Fsp3) is 0.133. The van der Waals surface area contributed by atoms with Crippen molar-refractivity contribution >= 4 is 23.0 Å². The van der Waals surface area contributed by atoms with E-state index in [1.165, 1.54) is 0 Å². The van der Waals surface area contributed by atoms with E-state index in [-0.39, 0.29) is 5.91 Å². The van der Waals surface area contributed by atoms with Crippen molar-refractivity contribution < 1.29 is 4.79 Å². The van der Waals surface area contributed by atoms with Crippen molar-refractivity contribution in [2.45, 2.75) is 6.92 Å². The van der Waals surface area contributed by atoms with Gasteiger partial charge in [-0.1, -0.05) is 24.3 Å². The van der Waals surface area contributed by atoms with Crippen LogP contribution in [0.4, 0.5) is 17.1 Å². The smallest absolute Gasteiger partial charge is 0.260 e. The van der Waals surface area contributed by atoms with Crippen LogP contribution in [0, 0.1) is 0 Å². The molecule has 0 radical (unpaired) electrons. The maximum Gasteiger partial charge on any atom is 0.260 e. The summed E-state index contributed by atoms with van der Waals surface area (Å²) in [5.41, 5.74) is 3.49. The third-order valence-corrected chi connectivity index (χ3v) is 3.18. The van der Waals surface area contributed by atoms with Crippen LogP contribution in [0.15, 0.2) is 48.5 Å². The molecule has 1 aliphatic rings. The molecule has 0 aromatic heterocycles. The zero-order valence-corrected chi connectivity index (χ0v) is 10.2. The molecule has 3 rings (SSSR count). The van der Waals surface area contributed by atoms with Gasteiger partial charge in [0.15, 0.2) is 0 Å². The van der Waals surface area contributed by atoms with Crippen LogP contribution in [0.1, 0.15) is 17.3 Å². The predicted molar refractivity (Wildman–Crippen MR) is 73.5 cm³/mol. The van der Waals surface area contributed by atoms with E-state index in [9.17, 15) is 4.79 Å². The van der Waals surface area contributed by atoms with Crippen LogP contribution >= 0.6 is 0 Å². The van der Waals surface area contributed by atoms with Crippen molar-refractivity contribution in [3.05, 3.63) is 54.1 Å². The van der Waals surface area contributed by atoms with Gasteiger partial charge < -0.3 is 10.2 Å². The summed E-state index contributed by atoms with van der Waals surface area (Å²) in [5, 5.41) is 3.34. The Bertz CT molecular complexity index is 607. The number of nitrogens with zero attached hydrogens (tertiary/aromatic N) is 1. The largest absolute Gasteiger partial charge is 0.353 e. The van der Waals surface area contributed by atoms with Gasteiger partial charge in [-0.25, -0.2) is 0 Å². The summed E-state index contributed by atoms with van der Waals surface area (Å²) in [7, 11) is 0. The van der Waals surface area contributed by atoms with Crippen LogP contribution in [0.25, 0.3) is 0 Å². The second-order valence-corrected chi connectivity index (χ2v) is 4.24. The van der Waals surface area contributed by atoms with Gasteiger partial charge in [0.05, 0.1) is 22.6 Å². The summed E-state index contributed by atoms with van der Waals surface area (Å²) in [6, 6.07) is 15.5. The van der Waals surface area contributed by atoms with Crippen molar-refractivity contribution in [1.29, 1.82) is 0 Å². The Balaban J connectivity index is 2.23. The number of benzene rings is 2. The zero-order chi connectivity index (χ0) is 12.5. The van der Waals surface area contributed by atoms with Crippen molar-refractivity contribution in [3.63, 3.8) is 0 Å². The lowest BCUT2D eigenvalue weighted by atomic mass is 10.1. The SMILES string of the molecule is CCN1C(=O)c2ccccc2Nc2ccccc21. The molecular formula is C15H14N2O. The minimum absolute atomic E-state index is 0.0468. The highest BCUT2D eigenvalue weighted by Gasteiger charge is 2.24. The van der Waals surface area contributed by atoms with E-state index in [0.717, 1.165) is 22.6 Å². The Labute approximate surface area is 106 Å². The summed E-state index contributed by atoms with van der Waals surface area (Å²) >= 11 is 0. The molecule has 1 heterocycles. The summed E-state index contributed by atoms with van der Waals surface area (Å²) in [4.78, 5) is 14.3. The molecule has 0 saturated heterocycles. The van der Waals surface area contributed by atoms with Crippen molar-refractivity contribution in [2.24, 2.45) is 0 Å². The highest BCUT2D eigenvalue weighted by Crippen LogP contribution is 2.34. The molecule has 2 aromatic carbocycles. The van der Waals surface area contributed by atoms with Crippen molar-refractivity contribution in [3.8, 4) is 0 Å². The van der Waals surface area contributed by atoms with Crippen LogP contribution in [0.3, 0.4) is 0 Å². The first-order valence-electron chi connectivity index (χ1n) is 6.08. The van der Waals surface area contributed by atoms with E-state index in [2.05, 4.69) is 5.32 Å². The van der Waals surface area contributed by atoms with Gasteiger partial charge in [-0.3, -0.25) is 4.79 Å².